The Hall–Kier alpha value is -0.800. The van der Waals surface area contributed by atoms with E-state index in [-0.39, 0.29) is 0 Å². The van der Waals surface area contributed by atoms with Gasteiger partial charge in [-0.25, -0.2) is 0 Å². The maximum Gasteiger partial charge on any atom is 0.117 e. The van der Waals surface area contributed by atoms with E-state index in [0.717, 1.165) is 37.5 Å². The van der Waals surface area contributed by atoms with Gasteiger partial charge in [0, 0.05) is 25.2 Å². The van der Waals surface area contributed by atoms with Gasteiger partial charge in [0.05, 0.1) is 12.8 Å². The minimum Gasteiger partial charge on any atom is -0.468 e. The van der Waals surface area contributed by atoms with Crippen molar-refractivity contribution >= 4 is 0 Å². The Kier molecular flexibility index (Phi) is 2.98. The summed E-state index contributed by atoms with van der Waals surface area (Å²) in [5, 5.41) is 3.66. The van der Waals surface area contributed by atoms with Crippen molar-refractivity contribution in [1.29, 1.82) is 0 Å². The number of rotatable bonds is 2. The second-order valence-electron chi connectivity index (χ2n) is 4.96. The van der Waals surface area contributed by atoms with Crippen LogP contribution in [0, 0.1) is 0 Å². The van der Waals surface area contributed by atoms with E-state index in [1.807, 2.05) is 6.07 Å². The first-order chi connectivity index (χ1) is 7.93. The molecule has 2 heterocycles. The number of piperazine rings is 1. The predicted molar refractivity (Wildman–Crippen MR) is 63.2 cm³/mol. The molecule has 88 valence electrons. The lowest BCUT2D eigenvalue weighted by atomic mass is 9.87. The summed E-state index contributed by atoms with van der Waals surface area (Å²) in [4.78, 5) is 2.60. The minimum absolute atomic E-state index is 0.720. The zero-order valence-corrected chi connectivity index (χ0v) is 9.69. The number of hydrogen-bond donors (Lipinski definition) is 1. The molecule has 1 aliphatic carbocycles. The van der Waals surface area contributed by atoms with Gasteiger partial charge in [0.25, 0.3) is 0 Å². The van der Waals surface area contributed by atoms with Crippen LogP contribution in [0.2, 0.25) is 0 Å². The monoisotopic (exact) mass is 220 g/mol. The Bertz CT molecular complexity index is 321. The van der Waals surface area contributed by atoms with Crippen molar-refractivity contribution in [3.63, 3.8) is 0 Å². The van der Waals surface area contributed by atoms with Gasteiger partial charge in [0.15, 0.2) is 0 Å². The highest BCUT2D eigenvalue weighted by Gasteiger charge is 2.32. The van der Waals surface area contributed by atoms with Crippen LogP contribution in [0.5, 0.6) is 0 Å². The number of fused-ring (bicyclic) bond motifs is 1. The third kappa shape index (κ3) is 2.02. The summed E-state index contributed by atoms with van der Waals surface area (Å²) in [6.45, 7) is 3.26. The third-order valence-electron chi connectivity index (χ3n) is 3.94. The highest BCUT2D eigenvalue weighted by Crippen LogP contribution is 2.26. The molecule has 0 unspecified atom stereocenters. The van der Waals surface area contributed by atoms with Gasteiger partial charge >= 0.3 is 0 Å². The molecule has 1 aliphatic heterocycles. The van der Waals surface area contributed by atoms with Gasteiger partial charge in [-0.2, -0.15) is 0 Å². The first-order valence-electron chi connectivity index (χ1n) is 6.43. The van der Waals surface area contributed by atoms with Crippen molar-refractivity contribution in [2.75, 3.05) is 13.1 Å². The zero-order chi connectivity index (χ0) is 10.8. The summed E-state index contributed by atoms with van der Waals surface area (Å²) < 4.78 is 5.45. The molecule has 2 atom stereocenters. The Morgan fingerprint density at radius 1 is 1.38 bits per heavy atom. The molecule has 1 aromatic rings. The molecule has 1 N–H and O–H groups in total. The van der Waals surface area contributed by atoms with Crippen LogP contribution < -0.4 is 5.32 Å². The van der Waals surface area contributed by atoms with E-state index in [9.17, 15) is 0 Å². The maximum atomic E-state index is 5.45. The Balaban J connectivity index is 1.68. The van der Waals surface area contributed by atoms with Crippen LogP contribution in [0.4, 0.5) is 0 Å². The van der Waals surface area contributed by atoms with Gasteiger partial charge in [-0.3, -0.25) is 4.90 Å². The summed E-state index contributed by atoms with van der Waals surface area (Å²) in [5.74, 6) is 1.10. The average molecular weight is 220 g/mol. The molecular formula is C13H20N2O. The molecule has 0 radical (unpaired) electrons. The van der Waals surface area contributed by atoms with Crippen molar-refractivity contribution in [1.82, 2.24) is 10.2 Å². The van der Waals surface area contributed by atoms with Crippen molar-refractivity contribution in [2.24, 2.45) is 0 Å². The van der Waals surface area contributed by atoms with E-state index in [1.54, 1.807) is 6.26 Å². The zero-order valence-electron chi connectivity index (χ0n) is 9.69. The van der Waals surface area contributed by atoms with Crippen LogP contribution >= 0.6 is 0 Å². The van der Waals surface area contributed by atoms with Gasteiger partial charge in [0.2, 0.25) is 0 Å². The number of hydrogen-bond acceptors (Lipinski definition) is 3. The van der Waals surface area contributed by atoms with E-state index in [1.165, 1.54) is 25.7 Å². The highest BCUT2D eigenvalue weighted by molar-refractivity contribution is 5.01. The lowest BCUT2D eigenvalue weighted by Gasteiger charge is -2.44. The van der Waals surface area contributed by atoms with Crippen molar-refractivity contribution < 1.29 is 4.42 Å². The summed E-state index contributed by atoms with van der Waals surface area (Å²) in [6.07, 6.45) is 7.24. The molecular weight excluding hydrogens is 200 g/mol. The largest absolute Gasteiger partial charge is 0.468 e. The molecule has 1 aromatic heterocycles. The molecule has 2 fully saturated rings. The fourth-order valence-electron chi connectivity index (χ4n) is 3.14. The van der Waals surface area contributed by atoms with Crippen LogP contribution in [-0.2, 0) is 6.54 Å². The highest BCUT2D eigenvalue weighted by atomic mass is 16.3. The SMILES string of the molecule is c1coc(CN2CCN[C@@H]3CCCC[C@H]32)c1. The van der Waals surface area contributed by atoms with Crippen LogP contribution in [0.1, 0.15) is 31.4 Å². The predicted octanol–water partition coefficient (Wildman–Crippen LogP) is 2.00. The second-order valence-corrected chi connectivity index (χ2v) is 4.96. The minimum atomic E-state index is 0.720. The fourth-order valence-corrected chi connectivity index (χ4v) is 3.14. The van der Waals surface area contributed by atoms with Gasteiger partial charge in [-0.15, -0.1) is 0 Å². The lowest BCUT2D eigenvalue weighted by molar-refractivity contribution is 0.0754. The molecule has 0 spiro atoms. The second kappa shape index (κ2) is 4.60. The van der Waals surface area contributed by atoms with Gasteiger partial charge in [-0.05, 0) is 25.0 Å². The molecule has 3 nitrogen and oxygen atoms in total. The summed E-state index contributed by atoms with van der Waals surface area (Å²) in [7, 11) is 0. The molecule has 0 bridgehead atoms. The molecule has 16 heavy (non-hydrogen) atoms. The number of furan rings is 1. The van der Waals surface area contributed by atoms with Crippen LogP contribution in [-0.4, -0.2) is 30.1 Å². The Labute approximate surface area is 96.8 Å². The van der Waals surface area contributed by atoms with Crippen LogP contribution in [0.15, 0.2) is 22.8 Å². The topological polar surface area (TPSA) is 28.4 Å². The summed E-state index contributed by atoms with van der Waals surface area (Å²) in [5.41, 5.74) is 0. The van der Waals surface area contributed by atoms with Crippen molar-refractivity contribution in [2.45, 2.75) is 44.3 Å². The summed E-state index contributed by atoms with van der Waals surface area (Å²) >= 11 is 0. The van der Waals surface area contributed by atoms with E-state index < -0.39 is 0 Å². The Morgan fingerprint density at radius 2 is 2.31 bits per heavy atom. The van der Waals surface area contributed by atoms with E-state index in [2.05, 4.69) is 16.3 Å². The van der Waals surface area contributed by atoms with Gasteiger partial charge < -0.3 is 9.73 Å². The number of nitrogens with zero attached hydrogens (tertiary/aromatic N) is 1. The van der Waals surface area contributed by atoms with E-state index >= 15 is 0 Å². The van der Waals surface area contributed by atoms with Crippen molar-refractivity contribution in [3.05, 3.63) is 24.2 Å². The van der Waals surface area contributed by atoms with E-state index in [0.29, 0.717) is 0 Å². The fraction of sp³-hybridized carbons (Fsp3) is 0.692. The average Bonchev–Trinajstić information content (AvgIpc) is 2.82. The smallest absolute Gasteiger partial charge is 0.117 e. The van der Waals surface area contributed by atoms with Gasteiger partial charge in [0.1, 0.15) is 5.76 Å². The lowest BCUT2D eigenvalue weighted by Crippen LogP contribution is -2.58. The number of nitrogens with one attached hydrogen (secondary N) is 1. The molecule has 0 aromatic carbocycles. The molecule has 3 rings (SSSR count). The molecule has 1 saturated carbocycles. The maximum absolute atomic E-state index is 5.45. The summed E-state index contributed by atoms with van der Waals surface area (Å²) in [6, 6.07) is 5.51. The molecule has 2 aliphatic rings. The standard InChI is InChI=1S/C13H20N2O/c1-2-6-13-12(5-1)14-7-8-15(13)10-11-4-3-9-16-11/h3-4,9,12-14H,1-2,5-8,10H2/t12-,13-/m1/s1. The molecule has 3 heteroatoms. The van der Waals surface area contributed by atoms with E-state index in [4.69, 9.17) is 4.42 Å². The van der Waals surface area contributed by atoms with Crippen LogP contribution in [0.25, 0.3) is 0 Å². The van der Waals surface area contributed by atoms with Crippen molar-refractivity contribution in [3.8, 4) is 0 Å². The molecule has 1 saturated heterocycles. The van der Waals surface area contributed by atoms with Crippen LogP contribution in [0.3, 0.4) is 0 Å². The quantitative estimate of drug-likeness (QED) is 0.826. The first-order valence-corrected chi connectivity index (χ1v) is 6.43. The molecule has 0 amide bonds. The first kappa shape index (κ1) is 10.4. The third-order valence-corrected chi connectivity index (χ3v) is 3.94. The Morgan fingerprint density at radius 3 is 3.19 bits per heavy atom. The normalized spacial score (nSPS) is 31.2. The van der Waals surface area contributed by atoms with Gasteiger partial charge in [-0.1, -0.05) is 12.8 Å².